The predicted octanol–water partition coefficient (Wildman–Crippen LogP) is 0.0729. The number of nitrogens with zero attached hydrogens (tertiary/aromatic N) is 1. The van der Waals surface area contributed by atoms with E-state index >= 15 is 0 Å². The Bertz CT molecular complexity index is 129. The second-order valence-electron chi connectivity index (χ2n) is 3.59. The summed E-state index contributed by atoms with van der Waals surface area (Å²) in [6.07, 6.45) is 2.31. The third kappa shape index (κ3) is 0.578. The smallest absolute Gasteiger partial charge is 0.0621 e. The molecule has 2 rings (SSSR count). The van der Waals surface area contributed by atoms with Crippen LogP contribution in [0, 0.1) is 5.41 Å². The van der Waals surface area contributed by atoms with Gasteiger partial charge >= 0.3 is 0 Å². The molecule has 1 spiro atoms. The number of aliphatic hydroxyl groups is 1. The Morgan fingerprint density at radius 1 is 1.56 bits per heavy atom. The first-order valence-corrected chi connectivity index (χ1v) is 3.60. The van der Waals surface area contributed by atoms with Gasteiger partial charge in [-0.25, -0.2) is 0 Å². The molecule has 0 bridgehead atoms. The van der Waals surface area contributed by atoms with Gasteiger partial charge in [-0.05, 0) is 19.9 Å². The van der Waals surface area contributed by atoms with Gasteiger partial charge < -0.3 is 10.0 Å². The maximum absolute atomic E-state index is 9.31. The molecule has 2 nitrogen and oxygen atoms in total. The largest absolute Gasteiger partial charge is 0.392 e. The monoisotopic (exact) mass is 127 g/mol. The van der Waals surface area contributed by atoms with E-state index in [0.717, 1.165) is 19.5 Å². The van der Waals surface area contributed by atoms with Crippen molar-refractivity contribution in [3.05, 3.63) is 0 Å². The average molecular weight is 127 g/mol. The molecule has 2 heteroatoms. The second-order valence-corrected chi connectivity index (χ2v) is 3.59. The van der Waals surface area contributed by atoms with Crippen molar-refractivity contribution in [2.24, 2.45) is 5.41 Å². The zero-order chi connectivity index (χ0) is 6.48. The maximum atomic E-state index is 9.31. The number of aliphatic hydroxyl groups excluding tert-OH is 1. The van der Waals surface area contributed by atoms with Crippen molar-refractivity contribution in [2.45, 2.75) is 18.9 Å². The zero-order valence-corrected chi connectivity index (χ0v) is 5.80. The van der Waals surface area contributed by atoms with Crippen LogP contribution in [0.25, 0.3) is 0 Å². The van der Waals surface area contributed by atoms with Crippen LogP contribution in [0.3, 0.4) is 0 Å². The van der Waals surface area contributed by atoms with Crippen molar-refractivity contribution in [1.82, 2.24) is 4.90 Å². The highest BCUT2D eigenvalue weighted by molar-refractivity contribution is 5.05. The van der Waals surface area contributed by atoms with Crippen LogP contribution in [0.1, 0.15) is 12.8 Å². The van der Waals surface area contributed by atoms with Crippen LogP contribution in [-0.2, 0) is 0 Å². The molecule has 1 atom stereocenters. The number of rotatable bonds is 0. The molecule has 0 aromatic carbocycles. The van der Waals surface area contributed by atoms with E-state index in [9.17, 15) is 5.11 Å². The summed E-state index contributed by atoms with van der Waals surface area (Å²) in [5.41, 5.74) is 0.356. The molecule has 1 aliphatic carbocycles. The summed E-state index contributed by atoms with van der Waals surface area (Å²) in [5, 5.41) is 9.31. The summed E-state index contributed by atoms with van der Waals surface area (Å²) in [7, 11) is 2.11. The van der Waals surface area contributed by atoms with Crippen molar-refractivity contribution in [3.8, 4) is 0 Å². The van der Waals surface area contributed by atoms with Crippen LogP contribution < -0.4 is 0 Å². The molecule has 0 radical (unpaired) electrons. The quantitative estimate of drug-likeness (QED) is 0.498. The van der Waals surface area contributed by atoms with E-state index in [1.54, 1.807) is 0 Å². The highest BCUT2D eigenvalue weighted by Gasteiger charge is 2.52. The van der Waals surface area contributed by atoms with Gasteiger partial charge in [-0.15, -0.1) is 0 Å². The first-order chi connectivity index (χ1) is 4.23. The summed E-state index contributed by atoms with van der Waals surface area (Å²) >= 11 is 0. The molecule has 1 N–H and O–H groups in total. The van der Waals surface area contributed by atoms with Gasteiger partial charge in [-0.3, -0.25) is 0 Å². The SMILES string of the molecule is CN1CC2(CC[C@@H]2O)C1. The molecular formula is C7H13NO. The summed E-state index contributed by atoms with van der Waals surface area (Å²) in [6.45, 7) is 2.24. The molecular weight excluding hydrogens is 114 g/mol. The van der Waals surface area contributed by atoms with E-state index in [1.807, 2.05) is 0 Å². The minimum Gasteiger partial charge on any atom is -0.392 e. The van der Waals surface area contributed by atoms with Crippen LogP contribution in [0.2, 0.25) is 0 Å². The predicted molar refractivity (Wildman–Crippen MR) is 35.2 cm³/mol. The standard InChI is InChI=1S/C7H13NO/c1-8-4-7(5-8)3-2-6(7)9/h6,9H,2-5H2,1H3/t6-/m0/s1. The van der Waals surface area contributed by atoms with Gasteiger partial charge in [-0.2, -0.15) is 0 Å². The Balaban J connectivity index is 1.97. The van der Waals surface area contributed by atoms with Crippen LogP contribution in [0.15, 0.2) is 0 Å². The topological polar surface area (TPSA) is 23.5 Å². The molecule has 1 saturated heterocycles. The zero-order valence-electron chi connectivity index (χ0n) is 5.80. The molecule has 0 aromatic heterocycles. The fourth-order valence-electron chi connectivity index (χ4n) is 2.08. The Kier molecular flexibility index (Phi) is 0.945. The fraction of sp³-hybridized carbons (Fsp3) is 1.00. The van der Waals surface area contributed by atoms with Gasteiger partial charge in [0.15, 0.2) is 0 Å². The van der Waals surface area contributed by atoms with E-state index in [1.165, 1.54) is 6.42 Å². The molecule has 0 unspecified atom stereocenters. The van der Waals surface area contributed by atoms with E-state index < -0.39 is 0 Å². The summed E-state index contributed by atoms with van der Waals surface area (Å²) < 4.78 is 0. The van der Waals surface area contributed by atoms with Crippen LogP contribution in [-0.4, -0.2) is 36.2 Å². The number of likely N-dealkylation sites (tertiary alicyclic amines) is 1. The van der Waals surface area contributed by atoms with Gasteiger partial charge in [0, 0.05) is 18.5 Å². The van der Waals surface area contributed by atoms with Gasteiger partial charge in [0.25, 0.3) is 0 Å². The molecule has 1 aliphatic heterocycles. The molecule has 0 aromatic rings. The van der Waals surface area contributed by atoms with Crippen molar-refractivity contribution in [2.75, 3.05) is 20.1 Å². The third-order valence-corrected chi connectivity index (χ3v) is 2.79. The Labute approximate surface area is 55.5 Å². The van der Waals surface area contributed by atoms with Gasteiger partial charge in [0.1, 0.15) is 0 Å². The average Bonchev–Trinajstić information content (AvgIpc) is 1.77. The summed E-state index contributed by atoms with van der Waals surface area (Å²) in [6, 6.07) is 0. The third-order valence-electron chi connectivity index (χ3n) is 2.79. The lowest BCUT2D eigenvalue weighted by Crippen LogP contribution is -2.65. The van der Waals surface area contributed by atoms with E-state index in [4.69, 9.17) is 0 Å². The Hall–Kier alpha value is -0.0800. The Morgan fingerprint density at radius 2 is 2.22 bits per heavy atom. The molecule has 9 heavy (non-hydrogen) atoms. The van der Waals surface area contributed by atoms with Crippen LogP contribution >= 0.6 is 0 Å². The summed E-state index contributed by atoms with van der Waals surface area (Å²) in [4.78, 5) is 2.27. The van der Waals surface area contributed by atoms with Crippen molar-refractivity contribution >= 4 is 0 Å². The molecule has 2 aliphatic rings. The van der Waals surface area contributed by atoms with Gasteiger partial charge in [-0.1, -0.05) is 0 Å². The highest BCUT2D eigenvalue weighted by atomic mass is 16.3. The van der Waals surface area contributed by atoms with Gasteiger partial charge in [0.2, 0.25) is 0 Å². The normalized spacial score (nSPS) is 40.0. The lowest BCUT2D eigenvalue weighted by molar-refractivity contribution is -0.149. The first kappa shape index (κ1) is 5.69. The fourth-order valence-corrected chi connectivity index (χ4v) is 2.08. The van der Waals surface area contributed by atoms with E-state index in [0.29, 0.717) is 5.41 Å². The van der Waals surface area contributed by atoms with Crippen molar-refractivity contribution < 1.29 is 5.11 Å². The second kappa shape index (κ2) is 1.50. The van der Waals surface area contributed by atoms with Crippen molar-refractivity contribution in [3.63, 3.8) is 0 Å². The van der Waals surface area contributed by atoms with E-state index in [-0.39, 0.29) is 6.10 Å². The lowest BCUT2D eigenvalue weighted by atomic mass is 9.61. The highest BCUT2D eigenvalue weighted by Crippen LogP contribution is 2.47. The number of hydrogen-bond acceptors (Lipinski definition) is 2. The van der Waals surface area contributed by atoms with Crippen molar-refractivity contribution in [1.29, 1.82) is 0 Å². The molecule has 52 valence electrons. The first-order valence-electron chi connectivity index (χ1n) is 3.60. The molecule has 1 saturated carbocycles. The summed E-state index contributed by atoms with van der Waals surface area (Å²) in [5.74, 6) is 0. The Morgan fingerprint density at radius 3 is 2.33 bits per heavy atom. The van der Waals surface area contributed by atoms with Crippen LogP contribution in [0.5, 0.6) is 0 Å². The number of hydrogen-bond donors (Lipinski definition) is 1. The van der Waals surface area contributed by atoms with Gasteiger partial charge in [0.05, 0.1) is 6.10 Å². The minimum absolute atomic E-state index is 0.0219. The van der Waals surface area contributed by atoms with Crippen LogP contribution in [0.4, 0.5) is 0 Å². The lowest BCUT2D eigenvalue weighted by Gasteiger charge is -2.57. The molecule has 2 fully saturated rings. The molecule has 1 heterocycles. The maximum Gasteiger partial charge on any atom is 0.0621 e. The molecule has 0 amide bonds. The minimum atomic E-state index is 0.0219. The van der Waals surface area contributed by atoms with E-state index in [2.05, 4.69) is 11.9 Å².